The summed E-state index contributed by atoms with van der Waals surface area (Å²) in [6.45, 7) is 9.92. The van der Waals surface area contributed by atoms with Crippen LogP contribution in [0.4, 0.5) is 0 Å². The summed E-state index contributed by atoms with van der Waals surface area (Å²) in [5.41, 5.74) is -0.795. The maximum absolute atomic E-state index is 10.9. The van der Waals surface area contributed by atoms with Crippen molar-refractivity contribution in [2.24, 2.45) is 0 Å². The van der Waals surface area contributed by atoms with E-state index in [1.807, 2.05) is 0 Å². The number of nitrogens with one attached hydrogen (secondary N) is 2. The van der Waals surface area contributed by atoms with Crippen LogP contribution in [0.15, 0.2) is 25.3 Å². The molecule has 0 radical (unpaired) electrons. The van der Waals surface area contributed by atoms with E-state index in [1.54, 1.807) is 13.8 Å². The second-order valence-corrected chi connectivity index (χ2v) is 3.01. The van der Waals surface area contributed by atoms with Crippen molar-refractivity contribution in [3.8, 4) is 0 Å². The van der Waals surface area contributed by atoms with E-state index in [1.165, 1.54) is 0 Å². The van der Waals surface area contributed by atoms with Crippen molar-refractivity contribution in [1.82, 2.24) is 10.6 Å². The van der Waals surface area contributed by atoms with Crippen LogP contribution in [0.25, 0.3) is 0 Å². The van der Waals surface area contributed by atoms with Crippen LogP contribution in [-0.2, 0) is 9.59 Å². The summed E-state index contributed by atoms with van der Waals surface area (Å²) in [6, 6.07) is 0. The van der Waals surface area contributed by atoms with Gasteiger partial charge in [-0.25, -0.2) is 0 Å². The Morgan fingerprint density at radius 2 is 1.38 bits per heavy atom. The highest BCUT2D eigenvalue weighted by Gasteiger charge is 2.19. The summed E-state index contributed by atoms with van der Waals surface area (Å²) >= 11 is 0. The van der Waals surface area contributed by atoms with Crippen LogP contribution in [-0.4, -0.2) is 17.5 Å². The molecule has 4 heteroatoms. The Morgan fingerprint density at radius 1 is 1.08 bits per heavy atom. The molecule has 0 heterocycles. The lowest BCUT2D eigenvalue weighted by molar-refractivity contribution is -0.121. The SMILES string of the molecule is C=CC(=O)NC(C)(C)NC(=O)C=C. The van der Waals surface area contributed by atoms with Crippen molar-refractivity contribution in [3.05, 3.63) is 25.3 Å². The van der Waals surface area contributed by atoms with Gasteiger partial charge in [-0.15, -0.1) is 0 Å². The lowest BCUT2D eigenvalue weighted by atomic mass is 10.2. The van der Waals surface area contributed by atoms with E-state index >= 15 is 0 Å². The number of carbonyl (C=O) groups is 2. The monoisotopic (exact) mass is 182 g/mol. The van der Waals surface area contributed by atoms with Crippen LogP contribution in [0.1, 0.15) is 13.8 Å². The van der Waals surface area contributed by atoms with Crippen molar-refractivity contribution >= 4 is 11.8 Å². The molecule has 4 nitrogen and oxygen atoms in total. The molecule has 0 atom stereocenters. The number of carbonyl (C=O) groups excluding carboxylic acids is 2. The topological polar surface area (TPSA) is 58.2 Å². The minimum Gasteiger partial charge on any atom is -0.330 e. The van der Waals surface area contributed by atoms with E-state index in [0.29, 0.717) is 0 Å². The molecule has 0 aromatic heterocycles. The summed E-state index contributed by atoms with van der Waals surface area (Å²) < 4.78 is 0. The van der Waals surface area contributed by atoms with E-state index in [-0.39, 0.29) is 11.8 Å². The van der Waals surface area contributed by atoms with Crippen LogP contribution in [0.5, 0.6) is 0 Å². The third-order valence-corrected chi connectivity index (χ3v) is 1.24. The summed E-state index contributed by atoms with van der Waals surface area (Å²) in [5.74, 6) is -0.677. The molecule has 2 N–H and O–H groups in total. The minimum atomic E-state index is -0.795. The summed E-state index contributed by atoms with van der Waals surface area (Å²) in [6.07, 6.45) is 2.28. The van der Waals surface area contributed by atoms with Crippen molar-refractivity contribution in [2.45, 2.75) is 19.5 Å². The Bertz CT molecular complexity index is 220. The largest absolute Gasteiger partial charge is 0.330 e. The van der Waals surface area contributed by atoms with Gasteiger partial charge in [-0.05, 0) is 26.0 Å². The Morgan fingerprint density at radius 3 is 1.62 bits per heavy atom. The van der Waals surface area contributed by atoms with Gasteiger partial charge >= 0.3 is 0 Å². The summed E-state index contributed by atoms with van der Waals surface area (Å²) in [5, 5.41) is 5.07. The van der Waals surface area contributed by atoms with Crippen molar-refractivity contribution < 1.29 is 9.59 Å². The van der Waals surface area contributed by atoms with Gasteiger partial charge in [0.25, 0.3) is 0 Å². The normalized spacial score (nSPS) is 10.0. The fourth-order valence-corrected chi connectivity index (χ4v) is 0.749. The van der Waals surface area contributed by atoms with E-state index < -0.39 is 5.66 Å². The average Bonchev–Trinajstić information content (AvgIpc) is 2.02. The average molecular weight is 182 g/mol. The quantitative estimate of drug-likeness (QED) is 0.486. The predicted molar refractivity (Wildman–Crippen MR) is 50.8 cm³/mol. The van der Waals surface area contributed by atoms with Gasteiger partial charge in [-0.3, -0.25) is 9.59 Å². The van der Waals surface area contributed by atoms with Gasteiger partial charge in [0.15, 0.2) is 0 Å². The number of amides is 2. The smallest absolute Gasteiger partial charge is 0.245 e. The number of rotatable bonds is 4. The molecule has 0 aliphatic rings. The molecule has 0 aromatic carbocycles. The maximum atomic E-state index is 10.9. The first-order valence-corrected chi connectivity index (χ1v) is 3.80. The molecule has 0 aromatic rings. The van der Waals surface area contributed by atoms with Crippen LogP contribution in [0.3, 0.4) is 0 Å². The molecule has 0 bridgehead atoms. The highest BCUT2D eigenvalue weighted by atomic mass is 16.2. The van der Waals surface area contributed by atoms with Gasteiger partial charge in [0.2, 0.25) is 11.8 Å². The summed E-state index contributed by atoms with van der Waals surface area (Å²) in [4.78, 5) is 21.8. The van der Waals surface area contributed by atoms with Gasteiger partial charge in [-0.2, -0.15) is 0 Å². The van der Waals surface area contributed by atoms with E-state index in [0.717, 1.165) is 12.2 Å². The van der Waals surface area contributed by atoms with Gasteiger partial charge < -0.3 is 10.6 Å². The van der Waals surface area contributed by atoms with Crippen LogP contribution < -0.4 is 10.6 Å². The zero-order valence-electron chi connectivity index (χ0n) is 7.89. The Hall–Kier alpha value is -1.58. The highest BCUT2D eigenvalue weighted by molar-refractivity contribution is 5.90. The molecule has 0 aliphatic heterocycles. The van der Waals surface area contributed by atoms with Crippen molar-refractivity contribution in [2.75, 3.05) is 0 Å². The first-order chi connectivity index (χ1) is 5.91. The molecule has 0 saturated heterocycles. The third kappa shape index (κ3) is 4.79. The molecule has 2 amide bonds. The van der Waals surface area contributed by atoms with Gasteiger partial charge in [0.1, 0.15) is 5.66 Å². The molecular formula is C9H14N2O2. The highest BCUT2D eigenvalue weighted by Crippen LogP contribution is 1.96. The molecule has 0 unspecified atom stereocenters. The second-order valence-electron chi connectivity index (χ2n) is 3.01. The van der Waals surface area contributed by atoms with Crippen molar-refractivity contribution in [3.63, 3.8) is 0 Å². The van der Waals surface area contributed by atoms with Gasteiger partial charge in [0, 0.05) is 0 Å². The molecule has 0 rings (SSSR count). The van der Waals surface area contributed by atoms with Gasteiger partial charge in [0.05, 0.1) is 0 Å². The summed E-state index contributed by atoms with van der Waals surface area (Å²) in [7, 11) is 0. The van der Waals surface area contributed by atoms with Gasteiger partial charge in [-0.1, -0.05) is 13.2 Å². The van der Waals surface area contributed by atoms with E-state index in [2.05, 4.69) is 23.8 Å². The molecule has 0 spiro atoms. The van der Waals surface area contributed by atoms with Crippen LogP contribution in [0, 0.1) is 0 Å². The molecule has 0 saturated carbocycles. The number of hydrogen-bond donors (Lipinski definition) is 2. The Kier molecular flexibility index (Phi) is 3.91. The predicted octanol–water partition coefficient (Wildman–Crippen LogP) is 0.327. The van der Waals surface area contributed by atoms with E-state index in [9.17, 15) is 9.59 Å². The lowest BCUT2D eigenvalue weighted by Gasteiger charge is -2.26. The second kappa shape index (κ2) is 4.45. The van der Waals surface area contributed by atoms with Crippen LogP contribution >= 0.6 is 0 Å². The molecule has 72 valence electrons. The molecule has 0 aliphatic carbocycles. The third-order valence-electron chi connectivity index (χ3n) is 1.24. The molecule has 0 fully saturated rings. The fraction of sp³-hybridized carbons (Fsp3) is 0.333. The zero-order valence-corrected chi connectivity index (χ0v) is 7.89. The number of hydrogen-bond acceptors (Lipinski definition) is 2. The first kappa shape index (κ1) is 11.4. The molecule has 13 heavy (non-hydrogen) atoms. The Labute approximate surface area is 77.7 Å². The van der Waals surface area contributed by atoms with Crippen molar-refractivity contribution in [1.29, 1.82) is 0 Å². The lowest BCUT2D eigenvalue weighted by Crippen LogP contribution is -2.55. The minimum absolute atomic E-state index is 0.339. The Balaban J connectivity index is 4.22. The fourth-order valence-electron chi connectivity index (χ4n) is 0.749. The zero-order chi connectivity index (χ0) is 10.5. The maximum Gasteiger partial charge on any atom is 0.245 e. The van der Waals surface area contributed by atoms with Crippen LogP contribution in [0.2, 0.25) is 0 Å². The van der Waals surface area contributed by atoms with E-state index in [4.69, 9.17) is 0 Å². The first-order valence-electron chi connectivity index (χ1n) is 3.80. The molecular weight excluding hydrogens is 168 g/mol. The standard InChI is InChI=1S/C9H14N2O2/c1-5-7(12)10-9(3,4)11-8(13)6-2/h5-6H,1-2H2,3-4H3,(H,10,12)(H,11,13).